The van der Waals surface area contributed by atoms with Crippen LogP contribution >= 0.6 is 0 Å². The molecule has 0 saturated heterocycles. The Balaban J connectivity index is 2.07. The van der Waals surface area contributed by atoms with Gasteiger partial charge in [-0.25, -0.2) is 4.79 Å². The molecule has 1 N–H and O–H groups in total. The first-order valence-corrected chi connectivity index (χ1v) is 7.34. The second-order valence-electron chi connectivity index (χ2n) is 4.97. The summed E-state index contributed by atoms with van der Waals surface area (Å²) in [6, 6.07) is 13.7. The molecule has 0 aliphatic heterocycles. The summed E-state index contributed by atoms with van der Waals surface area (Å²) in [5.41, 5.74) is 0.820. The molecule has 1 amide bonds. The summed E-state index contributed by atoms with van der Waals surface area (Å²) in [5.74, 6) is -0.251. The second-order valence-corrected chi connectivity index (χ2v) is 4.97. The average molecular weight is 329 g/mol. The number of benzene rings is 2. The predicted octanol–water partition coefficient (Wildman–Crippen LogP) is 2.89. The van der Waals surface area contributed by atoms with Crippen molar-refractivity contribution in [3.8, 4) is 11.5 Å². The fourth-order valence-corrected chi connectivity index (χ4v) is 2.02. The van der Waals surface area contributed by atoms with Gasteiger partial charge in [0.15, 0.2) is 6.10 Å². The maximum atomic E-state index is 12.3. The van der Waals surface area contributed by atoms with Gasteiger partial charge in [0.2, 0.25) is 0 Å². The highest BCUT2D eigenvalue weighted by atomic mass is 16.5. The molecule has 2 aromatic rings. The first-order chi connectivity index (χ1) is 11.5. The number of anilines is 1. The highest BCUT2D eigenvalue weighted by Crippen LogP contribution is 2.25. The van der Waals surface area contributed by atoms with Crippen molar-refractivity contribution in [2.45, 2.75) is 13.0 Å². The number of esters is 1. The molecule has 0 heterocycles. The van der Waals surface area contributed by atoms with Crippen LogP contribution in [0.4, 0.5) is 5.69 Å². The molecule has 24 heavy (non-hydrogen) atoms. The van der Waals surface area contributed by atoms with Gasteiger partial charge in [-0.05, 0) is 37.3 Å². The number of ether oxygens (including phenoxy) is 3. The summed E-state index contributed by atoms with van der Waals surface area (Å²) in [4.78, 5) is 24.4. The van der Waals surface area contributed by atoms with Crippen LogP contribution in [0.5, 0.6) is 11.5 Å². The lowest BCUT2D eigenvalue weighted by molar-refractivity contribution is -0.123. The summed E-state index contributed by atoms with van der Waals surface area (Å²) in [6.45, 7) is 1.50. The summed E-state index contributed by atoms with van der Waals surface area (Å²) in [5, 5.41) is 2.68. The van der Waals surface area contributed by atoms with Crippen LogP contribution in [0.2, 0.25) is 0 Å². The van der Waals surface area contributed by atoms with Gasteiger partial charge in [-0.2, -0.15) is 0 Å². The van der Waals surface area contributed by atoms with E-state index in [0.29, 0.717) is 17.2 Å². The lowest BCUT2D eigenvalue weighted by Gasteiger charge is -2.15. The highest BCUT2D eigenvalue weighted by Gasteiger charge is 2.22. The molecule has 1 atom stereocenters. The highest BCUT2D eigenvalue weighted by molar-refractivity contribution is 5.98. The van der Waals surface area contributed by atoms with Gasteiger partial charge in [-0.3, -0.25) is 4.79 Å². The van der Waals surface area contributed by atoms with Gasteiger partial charge in [0, 0.05) is 5.69 Å². The second kappa shape index (κ2) is 8.01. The van der Waals surface area contributed by atoms with E-state index in [1.807, 2.05) is 6.07 Å². The average Bonchev–Trinajstić information content (AvgIpc) is 2.61. The van der Waals surface area contributed by atoms with E-state index in [1.165, 1.54) is 27.2 Å². The molecule has 0 aliphatic rings. The number of carbonyl (C=O) groups excluding carboxylic acids is 2. The Bertz CT molecular complexity index is 715. The van der Waals surface area contributed by atoms with Crippen molar-refractivity contribution in [2.75, 3.05) is 19.5 Å². The summed E-state index contributed by atoms with van der Waals surface area (Å²) in [7, 11) is 2.94. The maximum Gasteiger partial charge on any atom is 0.342 e. The Labute approximate surface area is 140 Å². The molecule has 126 valence electrons. The van der Waals surface area contributed by atoms with Crippen LogP contribution in [-0.4, -0.2) is 32.2 Å². The Morgan fingerprint density at radius 1 is 1.00 bits per heavy atom. The van der Waals surface area contributed by atoms with Gasteiger partial charge in [0.1, 0.15) is 17.1 Å². The number of hydrogen-bond donors (Lipinski definition) is 1. The number of amides is 1. The van der Waals surface area contributed by atoms with Gasteiger partial charge in [0.25, 0.3) is 5.91 Å². The third-order valence-corrected chi connectivity index (χ3v) is 3.32. The molecule has 0 saturated carbocycles. The van der Waals surface area contributed by atoms with Gasteiger partial charge in [-0.15, -0.1) is 0 Å². The zero-order valence-electron chi connectivity index (χ0n) is 13.7. The third-order valence-electron chi connectivity index (χ3n) is 3.32. The summed E-state index contributed by atoms with van der Waals surface area (Å²) >= 11 is 0. The fraction of sp³-hybridized carbons (Fsp3) is 0.222. The number of rotatable bonds is 6. The van der Waals surface area contributed by atoms with Gasteiger partial charge in [-0.1, -0.05) is 18.2 Å². The van der Waals surface area contributed by atoms with E-state index in [9.17, 15) is 9.59 Å². The van der Waals surface area contributed by atoms with Crippen LogP contribution in [0.25, 0.3) is 0 Å². The first kappa shape index (κ1) is 17.3. The molecule has 6 heteroatoms. The van der Waals surface area contributed by atoms with Gasteiger partial charge < -0.3 is 19.5 Å². The lowest BCUT2D eigenvalue weighted by Crippen LogP contribution is -2.30. The van der Waals surface area contributed by atoms with Crippen molar-refractivity contribution >= 4 is 17.6 Å². The fourth-order valence-electron chi connectivity index (χ4n) is 2.02. The SMILES string of the molecule is COc1ccc(OC)c(C(=O)O[C@@H](C)C(=O)Nc2ccccc2)c1. The number of para-hydroxylation sites is 1. The van der Waals surface area contributed by atoms with Crippen LogP contribution in [0.1, 0.15) is 17.3 Å². The van der Waals surface area contributed by atoms with Crippen LogP contribution in [-0.2, 0) is 9.53 Å². The van der Waals surface area contributed by atoms with E-state index < -0.39 is 18.0 Å². The van der Waals surface area contributed by atoms with Gasteiger partial charge >= 0.3 is 5.97 Å². The smallest absolute Gasteiger partial charge is 0.342 e. The number of methoxy groups -OCH3 is 2. The summed E-state index contributed by atoms with van der Waals surface area (Å²) < 4.78 is 15.5. The molecule has 0 spiro atoms. The number of hydrogen-bond acceptors (Lipinski definition) is 5. The molecular formula is C18H19NO5. The molecule has 0 fully saturated rings. The van der Waals surface area contributed by atoms with Crippen molar-refractivity contribution in [1.29, 1.82) is 0 Å². The van der Waals surface area contributed by atoms with Crippen molar-refractivity contribution in [2.24, 2.45) is 0 Å². The minimum atomic E-state index is -0.964. The van der Waals surface area contributed by atoms with E-state index in [1.54, 1.807) is 36.4 Å². The molecule has 0 aromatic heterocycles. The van der Waals surface area contributed by atoms with Gasteiger partial charge in [0.05, 0.1) is 14.2 Å². The molecule has 2 aromatic carbocycles. The number of carbonyl (C=O) groups is 2. The number of nitrogens with one attached hydrogen (secondary N) is 1. The van der Waals surface area contributed by atoms with E-state index in [-0.39, 0.29) is 5.56 Å². The minimum absolute atomic E-state index is 0.191. The zero-order chi connectivity index (χ0) is 17.5. The topological polar surface area (TPSA) is 73.9 Å². The monoisotopic (exact) mass is 329 g/mol. The van der Waals surface area contributed by atoms with Crippen molar-refractivity contribution < 1.29 is 23.8 Å². The largest absolute Gasteiger partial charge is 0.497 e. The Kier molecular flexibility index (Phi) is 5.78. The van der Waals surface area contributed by atoms with Crippen molar-refractivity contribution in [1.82, 2.24) is 0 Å². The Morgan fingerprint density at radius 3 is 2.33 bits per heavy atom. The molecule has 6 nitrogen and oxygen atoms in total. The summed E-state index contributed by atoms with van der Waals surface area (Å²) in [6.07, 6.45) is -0.964. The Hall–Kier alpha value is -3.02. The molecule has 0 radical (unpaired) electrons. The van der Waals surface area contributed by atoms with Crippen LogP contribution in [0, 0.1) is 0 Å². The molecule has 0 unspecified atom stereocenters. The zero-order valence-corrected chi connectivity index (χ0v) is 13.7. The Morgan fingerprint density at radius 2 is 1.71 bits per heavy atom. The molecule has 0 bridgehead atoms. The normalized spacial score (nSPS) is 11.3. The lowest BCUT2D eigenvalue weighted by atomic mass is 10.2. The van der Waals surface area contributed by atoms with E-state index >= 15 is 0 Å². The molecule has 0 aliphatic carbocycles. The molecular weight excluding hydrogens is 310 g/mol. The standard InChI is InChI=1S/C18H19NO5/c1-12(17(20)19-13-7-5-4-6-8-13)24-18(21)15-11-14(22-2)9-10-16(15)23-3/h4-12H,1-3H3,(H,19,20)/t12-/m0/s1. The molecule has 2 rings (SSSR count). The first-order valence-electron chi connectivity index (χ1n) is 7.34. The van der Waals surface area contributed by atoms with Crippen LogP contribution in [0.3, 0.4) is 0 Å². The van der Waals surface area contributed by atoms with Crippen LogP contribution in [0.15, 0.2) is 48.5 Å². The van der Waals surface area contributed by atoms with Crippen molar-refractivity contribution in [3.63, 3.8) is 0 Å². The van der Waals surface area contributed by atoms with E-state index in [0.717, 1.165) is 0 Å². The quantitative estimate of drug-likeness (QED) is 0.825. The maximum absolute atomic E-state index is 12.3. The van der Waals surface area contributed by atoms with E-state index in [4.69, 9.17) is 14.2 Å². The van der Waals surface area contributed by atoms with Crippen LogP contribution < -0.4 is 14.8 Å². The predicted molar refractivity (Wildman–Crippen MR) is 89.5 cm³/mol. The van der Waals surface area contributed by atoms with Crippen molar-refractivity contribution in [3.05, 3.63) is 54.1 Å². The van der Waals surface area contributed by atoms with E-state index in [2.05, 4.69) is 5.32 Å². The minimum Gasteiger partial charge on any atom is -0.497 e. The third kappa shape index (κ3) is 4.25.